The highest BCUT2D eigenvalue weighted by Gasteiger charge is 2.30. The van der Waals surface area contributed by atoms with Crippen LogP contribution < -0.4 is 11.1 Å². The van der Waals surface area contributed by atoms with Crippen LogP contribution in [0, 0.1) is 11.7 Å². The van der Waals surface area contributed by atoms with Crippen molar-refractivity contribution in [3.8, 4) is 0 Å². The van der Waals surface area contributed by atoms with Crippen molar-refractivity contribution < 1.29 is 14.3 Å². The molecule has 4 N–H and O–H groups in total. The zero-order valence-electron chi connectivity index (χ0n) is 8.61. The second-order valence-electron chi connectivity index (χ2n) is 4.01. The lowest BCUT2D eigenvalue weighted by Crippen LogP contribution is -2.17. The van der Waals surface area contributed by atoms with E-state index in [2.05, 4.69) is 5.32 Å². The predicted molar refractivity (Wildman–Crippen MR) is 57.3 cm³/mol. The van der Waals surface area contributed by atoms with Crippen LogP contribution in [0.25, 0.3) is 0 Å². The molecule has 1 fully saturated rings. The molecular weight excluding hydrogens is 211 g/mol. The number of anilines is 1. The fraction of sp³-hybridized carbons (Fsp3) is 0.364. The van der Waals surface area contributed by atoms with E-state index < -0.39 is 11.8 Å². The van der Waals surface area contributed by atoms with Crippen LogP contribution in [-0.4, -0.2) is 17.6 Å². The largest absolute Gasteiger partial charge is 0.481 e. The SMILES string of the molecule is Nc1cc(C2CC(C(=O)O)CN2)ccc1F. The van der Waals surface area contributed by atoms with Crippen LogP contribution in [0.1, 0.15) is 18.0 Å². The predicted octanol–water partition coefficient (Wildman–Crippen LogP) is 1.14. The lowest BCUT2D eigenvalue weighted by molar-refractivity contribution is -0.141. The van der Waals surface area contributed by atoms with Gasteiger partial charge in [-0.15, -0.1) is 0 Å². The number of hydrogen-bond donors (Lipinski definition) is 3. The Balaban J connectivity index is 2.14. The molecule has 1 aliphatic heterocycles. The molecule has 0 bridgehead atoms. The van der Waals surface area contributed by atoms with Crippen molar-refractivity contribution in [3.63, 3.8) is 0 Å². The molecule has 0 aliphatic carbocycles. The van der Waals surface area contributed by atoms with Gasteiger partial charge in [-0.25, -0.2) is 4.39 Å². The number of halogens is 1. The average Bonchev–Trinajstić information content (AvgIpc) is 2.71. The minimum absolute atomic E-state index is 0.0519. The van der Waals surface area contributed by atoms with Crippen molar-refractivity contribution in [1.82, 2.24) is 5.32 Å². The first-order chi connectivity index (χ1) is 7.58. The van der Waals surface area contributed by atoms with Gasteiger partial charge in [0.1, 0.15) is 5.82 Å². The molecule has 0 radical (unpaired) electrons. The Bertz CT molecular complexity index is 422. The van der Waals surface area contributed by atoms with Gasteiger partial charge in [0.05, 0.1) is 11.6 Å². The highest BCUT2D eigenvalue weighted by atomic mass is 19.1. The number of carbonyl (C=O) groups is 1. The molecule has 1 heterocycles. The molecule has 1 aromatic carbocycles. The van der Waals surface area contributed by atoms with Crippen LogP contribution >= 0.6 is 0 Å². The lowest BCUT2D eigenvalue weighted by Gasteiger charge is -2.11. The van der Waals surface area contributed by atoms with Gasteiger partial charge in [-0.1, -0.05) is 6.07 Å². The molecule has 4 nitrogen and oxygen atoms in total. The molecule has 86 valence electrons. The van der Waals surface area contributed by atoms with E-state index in [9.17, 15) is 9.18 Å². The Morgan fingerprint density at radius 1 is 1.56 bits per heavy atom. The third kappa shape index (κ3) is 1.99. The fourth-order valence-electron chi connectivity index (χ4n) is 1.96. The van der Waals surface area contributed by atoms with Gasteiger partial charge < -0.3 is 16.2 Å². The minimum Gasteiger partial charge on any atom is -0.481 e. The summed E-state index contributed by atoms with van der Waals surface area (Å²) in [4.78, 5) is 10.8. The molecule has 2 atom stereocenters. The topological polar surface area (TPSA) is 75.4 Å². The number of benzene rings is 1. The Kier molecular flexibility index (Phi) is 2.78. The van der Waals surface area contributed by atoms with Crippen molar-refractivity contribution >= 4 is 11.7 Å². The number of nitrogen functional groups attached to an aromatic ring is 1. The number of rotatable bonds is 2. The Labute approximate surface area is 92.3 Å². The van der Waals surface area contributed by atoms with Gasteiger partial charge in [0.2, 0.25) is 0 Å². The van der Waals surface area contributed by atoms with Gasteiger partial charge in [-0.05, 0) is 24.1 Å². The molecule has 0 saturated carbocycles. The molecule has 1 aromatic rings. The second kappa shape index (κ2) is 4.09. The smallest absolute Gasteiger partial charge is 0.307 e. The van der Waals surface area contributed by atoms with Gasteiger partial charge in [0, 0.05) is 12.6 Å². The van der Waals surface area contributed by atoms with Crippen LogP contribution in [-0.2, 0) is 4.79 Å². The number of aliphatic carboxylic acids is 1. The van der Waals surface area contributed by atoms with Crippen LogP contribution in [0.2, 0.25) is 0 Å². The second-order valence-corrected chi connectivity index (χ2v) is 4.01. The molecular formula is C11H13FN2O2. The van der Waals surface area contributed by atoms with Crippen LogP contribution in [0.4, 0.5) is 10.1 Å². The molecule has 0 amide bonds. The normalized spacial score (nSPS) is 24.6. The fourth-order valence-corrected chi connectivity index (χ4v) is 1.96. The minimum atomic E-state index is -0.801. The van der Waals surface area contributed by atoms with E-state index >= 15 is 0 Å². The molecule has 2 rings (SSSR count). The molecule has 16 heavy (non-hydrogen) atoms. The first-order valence-corrected chi connectivity index (χ1v) is 5.09. The van der Waals surface area contributed by atoms with E-state index in [4.69, 9.17) is 10.8 Å². The summed E-state index contributed by atoms with van der Waals surface area (Å²) in [6.07, 6.45) is 0.514. The maximum absolute atomic E-state index is 13.0. The Morgan fingerprint density at radius 3 is 2.88 bits per heavy atom. The van der Waals surface area contributed by atoms with Crippen LogP contribution in [0.15, 0.2) is 18.2 Å². The summed E-state index contributed by atoms with van der Waals surface area (Å²) >= 11 is 0. The molecule has 0 spiro atoms. The van der Waals surface area contributed by atoms with Gasteiger partial charge in [-0.3, -0.25) is 4.79 Å². The Hall–Kier alpha value is -1.62. The summed E-state index contributed by atoms with van der Waals surface area (Å²) < 4.78 is 13.0. The number of nitrogens with one attached hydrogen (secondary N) is 1. The first kappa shape index (κ1) is 10.9. The van der Waals surface area contributed by atoms with Gasteiger partial charge in [0.25, 0.3) is 0 Å². The summed E-state index contributed by atoms with van der Waals surface area (Å²) in [5.74, 6) is -1.63. The van der Waals surface area contributed by atoms with Crippen molar-refractivity contribution in [1.29, 1.82) is 0 Å². The third-order valence-electron chi connectivity index (χ3n) is 2.90. The summed E-state index contributed by atoms with van der Waals surface area (Å²) in [7, 11) is 0. The van der Waals surface area contributed by atoms with Crippen molar-refractivity contribution in [2.75, 3.05) is 12.3 Å². The Morgan fingerprint density at radius 2 is 2.31 bits per heavy atom. The van der Waals surface area contributed by atoms with Gasteiger partial charge >= 0.3 is 5.97 Å². The van der Waals surface area contributed by atoms with E-state index in [-0.39, 0.29) is 17.6 Å². The average molecular weight is 224 g/mol. The highest BCUT2D eigenvalue weighted by molar-refractivity contribution is 5.70. The first-order valence-electron chi connectivity index (χ1n) is 5.09. The summed E-state index contributed by atoms with van der Waals surface area (Å²) in [5, 5.41) is 11.9. The summed E-state index contributed by atoms with van der Waals surface area (Å²) in [6.45, 7) is 0.442. The number of carboxylic acids is 1. The van der Waals surface area contributed by atoms with Gasteiger partial charge in [0.15, 0.2) is 0 Å². The van der Waals surface area contributed by atoms with Crippen LogP contribution in [0.3, 0.4) is 0 Å². The number of nitrogens with two attached hydrogens (primary N) is 1. The molecule has 1 saturated heterocycles. The monoisotopic (exact) mass is 224 g/mol. The van der Waals surface area contributed by atoms with Gasteiger partial charge in [-0.2, -0.15) is 0 Å². The number of hydrogen-bond acceptors (Lipinski definition) is 3. The summed E-state index contributed by atoms with van der Waals surface area (Å²) in [6, 6.07) is 4.44. The van der Waals surface area contributed by atoms with Crippen molar-refractivity contribution in [3.05, 3.63) is 29.6 Å². The van der Waals surface area contributed by atoms with E-state index in [1.54, 1.807) is 12.1 Å². The lowest BCUT2D eigenvalue weighted by atomic mass is 10.00. The summed E-state index contributed by atoms with van der Waals surface area (Å²) in [5.41, 5.74) is 6.39. The van der Waals surface area contributed by atoms with Crippen molar-refractivity contribution in [2.24, 2.45) is 5.92 Å². The van der Waals surface area contributed by atoms with Crippen molar-refractivity contribution in [2.45, 2.75) is 12.5 Å². The van der Waals surface area contributed by atoms with Crippen LogP contribution in [0.5, 0.6) is 0 Å². The van der Waals surface area contributed by atoms with E-state index in [1.165, 1.54) is 6.07 Å². The number of carboxylic acid groups (broad SMARTS) is 1. The maximum atomic E-state index is 13.0. The standard InChI is InChI=1S/C11H13FN2O2/c12-8-2-1-6(3-9(8)13)10-4-7(5-14-10)11(15)16/h1-3,7,10,14H,4-5,13H2,(H,15,16). The zero-order chi connectivity index (χ0) is 11.7. The van der Waals surface area contributed by atoms with E-state index in [1.807, 2.05) is 0 Å². The molecule has 2 unspecified atom stereocenters. The third-order valence-corrected chi connectivity index (χ3v) is 2.90. The van der Waals surface area contributed by atoms with E-state index in [0.29, 0.717) is 13.0 Å². The molecule has 0 aromatic heterocycles. The quantitative estimate of drug-likeness (QED) is 0.658. The van der Waals surface area contributed by atoms with E-state index in [0.717, 1.165) is 5.56 Å². The maximum Gasteiger partial charge on any atom is 0.307 e. The molecule has 5 heteroatoms. The molecule has 1 aliphatic rings. The highest BCUT2D eigenvalue weighted by Crippen LogP contribution is 2.28. The zero-order valence-corrected chi connectivity index (χ0v) is 8.61.